The molecular formula is C23H26ClF3N2OS. The van der Waals surface area contributed by atoms with Crippen LogP contribution in [0, 0.1) is 11.3 Å². The van der Waals surface area contributed by atoms with Gasteiger partial charge in [0.15, 0.2) is 0 Å². The monoisotopic (exact) mass is 470 g/mol. The van der Waals surface area contributed by atoms with E-state index in [1.54, 1.807) is 19.1 Å². The molecule has 0 bridgehead atoms. The summed E-state index contributed by atoms with van der Waals surface area (Å²) in [5, 5.41) is 9.99. The van der Waals surface area contributed by atoms with Crippen molar-refractivity contribution in [2.45, 2.75) is 45.9 Å². The third kappa shape index (κ3) is 9.34. The summed E-state index contributed by atoms with van der Waals surface area (Å²) in [6.07, 6.45) is 3.79. The van der Waals surface area contributed by atoms with Crippen LogP contribution in [-0.4, -0.2) is 24.0 Å². The Kier molecular flexibility index (Phi) is 11.7. The van der Waals surface area contributed by atoms with Crippen LogP contribution >= 0.6 is 23.4 Å². The summed E-state index contributed by atoms with van der Waals surface area (Å²) in [6, 6.07) is 7.02. The molecule has 0 fully saturated rings. The SMILES string of the molecule is C/C=C(C#N)\C(Cl)=C/C(C)OCC/C=C(\CC)N=C(SC)c1ccc(C(F)(F)F)cc1. The van der Waals surface area contributed by atoms with Crippen molar-refractivity contribution in [1.82, 2.24) is 0 Å². The number of allylic oxidation sites excluding steroid dienone is 4. The molecule has 1 aromatic carbocycles. The summed E-state index contributed by atoms with van der Waals surface area (Å²) >= 11 is 7.47. The van der Waals surface area contributed by atoms with Gasteiger partial charge in [-0.25, -0.2) is 4.99 Å². The van der Waals surface area contributed by atoms with Crippen LogP contribution in [0.2, 0.25) is 0 Å². The van der Waals surface area contributed by atoms with E-state index in [1.165, 1.54) is 23.9 Å². The first-order chi connectivity index (χ1) is 14.7. The maximum Gasteiger partial charge on any atom is 0.416 e. The van der Waals surface area contributed by atoms with Crippen molar-refractivity contribution >= 4 is 28.4 Å². The molecule has 0 amide bonds. The zero-order valence-electron chi connectivity index (χ0n) is 18.0. The van der Waals surface area contributed by atoms with Gasteiger partial charge in [0.25, 0.3) is 0 Å². The van der Waals surface area contributed by atoms with Crippen molar-refractivity contribution in [3.8, 4) is 6.07 Å². The van der Waals surface area contributed by atoms with Crippen molar-refractivity contribution in [2.24, 2.45) is 4.99 Å². The molecule has 0 aliphatic rings. The molecule has 1 unspecified atom stereocenters. The van der Waals surface area contributed by atoms with Crippen LogP contribution in [0.25, 0.3) is 0 Å². The third-order valence-corrected chi connectivity index (χ3v) is 5.23. The lowest BCUT2D eigenvalue weighted by molar-refractivity contribution is -0.137. The van der Waals surface area contributed by atoms with Crippen LogP contribution in [-0.2, 0) is 10.9 Å². The van der Waals surface area contributed by atoms with E-state index < -0.39 is 11.7 Å². The summed E-state index contributed by atoms with van der Waals surface area (Å²) in [5.74, 6) is 0. The smallest absolute Gasteiger partial charge is 0.374 e. The first kappa shape index (κ1) is 27.0. The highest BCUT2D eigenvalue weighted by Gasteiger charge is 2.30. The van der Waals surface area contributed by atoms with Gasteiger partial charge in [0, 0.05) is 11.3 Å². The minimum absolute atomic E-state index is 0.258. The number of rotatable bonds is 9. The molecular weight excluding hydrogens is 445 g/mol. The van der Waals surface area contributed by atoms with Gasteiger partial charge in [-0.15, -0.1) is 11.8 Å². The maximum absolute atomic E-state index is 12.8. The van der Waals surface area contributed by atoms with Crippen molar-refractivity contribution in [1.29, 1.82) is 5.26 Å². The Bertz CT molecular complexity index is 882. The number of hydrogen-bond donors (Lipinski definition) is 0. The number of nitriles is 1. The second-order valence-electron chi connectivity index (χ2n) is 6.44. The highest BCUT2D eigenvalue weighted by atomic mass is 35.5. The lowest BCUT2D eigenvalue weighted by Crippen LogP contribution is -2.06. The fourth-order valence-corrected chi connectivity index (χ4v) is 3.42. The van der Waals surface area contributed by atoms with Gasteiger partial charge in [0.1, 0.15) is 11.1 Å². The molecule has 1 rings (SSSR count). The quantitative estimate of drug-likeness (QED) is 0.123. The summed E-state index contributed by atoms with van der Waals surface area (Å²) in [4.78, 5) is 4.61. The molecule has 31 heavy (non-hydrogen) atoms. The number of nitrogens with zero attached hydrogens (tertiary/aromatic N) is 2. The van der Waals surface area contributed by atoms with Gasteiger partial charge in [0.05, 0.1) is 28.9 Å². The van der Waals surface area contributed by atoms with Gasteiger partial charge < -0.3 is 4.74 Å². The summed E-state index contributed by atoms with van der Waals surface area (Å²) in [7, 11) is 0. The maximum atomic E-state index is 12.8. The minimum Gasteiger partial charge on any atom is -0.374 e. The Morgan fingerprint density at radius 1 is 1.32 bits per heavy atom. The van der Waals surface area contributed by atoms with Crippen LogP contribution in [0.15, 0.2) is 63.8 Å². The van der Waals surface area contributed by atoms with Gasteiger partial charge in [0.2, 0.25) is 0 Å². The van der Waals surface area contributed by atoms with E-state index in [2.05, 4.69) is 4.99 Å². The molecule has 0 radical (unpaired) electrons. The molecule has 0 saturated heterocycles. The Morgan fingerprint density at radius 3 is 2.45 bits per heavy atom. The Labute approximate surface area is 191 Å². The fourth-order valence-electron chi connectivity index (χ4n) is 2.51. The van der Waals surface area contributed by atoms with Gasteiger partial charge in [-0.2, -0.15) is 18.4 Å². The fraction of sp³-hybridized carbons (Fsp3) is 0.391. The summed E-state index contributed by atoms with van der Waals surface area (Å²) in [5.41, 5.74) is 1.18. The van der Waals surface area contributed by atoms with Crippen LogP contribution in [0.3, 0.4) is 0 Å². The second kappa shape index (κ2) is 13.4. The van der Waals surface area contributed by atoms with E-state index in [0.29, 0.717) is 40.7 Å². The molecule has 0 aliphatic heterocycles. The Balaban J connectivity index is 2.78. The van der Waals surface area contributed by atoms with Crippen molar-refractivity contribution in [3.63, 3.8) is 0 Å². The lowest BCUT2D eigenvalue weighted by atomic mass is 10.1. The van der Waals surface area contributed by atoms with Crippen molar-refractivity contribution < 1.29 is 17.9 Å². The average Bonchev–Trinajstić information content (AvgIpc) is 2.73. The number of aliphatic imine (C=N–C) groups is 1. The number of hydrogen-bond acceptors (Lipinski definition) is 4. The van der Waals surface area contributed by atoms with E-state index >= 15 is 0 Å². The largest absolute Gasteiger partial charge is 0.416 e. The van der Waals surface area contributed by atoms with E-state index in [9.17, 15) is 13.2 Å². The molecule has 8 heteroatoms. The number of halogens is 4. The molecule has 0 saturated carbocycles. The summed E-state index contributed by atoms with van der Waals surface area (Å²) in [6.45, 7) is 5.98. The average molecular weight is 471 g/mol. The molecule has 1 aromatic rings. The van der Waals surface area contributed by atoms with E-state index in [0.717, 1.165) is 17.8 Å². The number of benzene rings is 1. The molecule has 0 spiro atoms. The predicted octanol–water partition coefficient (Wildman–Crippen LogP) is 7.50. The van der Waals surface area contributed by atoms with E-state index in [4.69, 9.17) is 21.6 Å². The molecule has 0 aromatic heterocycles. The van der Waals surface area contributed by atoms with Crippen LogP contribution < -0.4 is 0 Å². The normalized spacial score (nSPS) is 15.1. The topological polar surface area (TPSA) is 45.4 Å². The standard InChI is InChI=1S/C23H26ClF3N2OS/c1-5-17(15-28)21(24)14-16(3)30-13-7-8-20(6-2)29-22(31-4)18-9-11-19(12-10-18)23(25,26)27/h5,8-12,14,16H,6-7,13H2,1-4H3/b17-5-,20-8+,21-14+,29-22?. The van der Waals surface area contributed by atoms with Crippen LogP contribution in [0.1, 0.15) is 44.7 Å². The molecule has 0 N–H and O–H groups in total. The van der Waals surface area contributed by atoms with E-state index in [-0.39, 0.29) is 6.10 Å². The molecule has 3 nitrogen and oxygen atoms in total. The van der Waals surface area contributed by atoms with Gasteiger partial charge in [-0.3, -0.25) is 0 Å². The first-order valence-electron chi connectivity index (χ1n) is 9.71. The number of thioether (sulfide) groups is 1. The van der Waals surface area contributed by atoms with E-state index in [1.807, 2.05) is 32.2 Å². The van der Waals surface area contributed by atoms with Gasteiger partial charge >= 0.3 is 6.18 Å². The second-order valence-corrected chi connectivity index (χ2v) is 7.64. The molecule has 0 aliphatic carbocycles. The first-order valence-corrected chi connectivity index (χ1v) is 11.3. The highest BCUT2D eigenvalue weighted by molar-refractivity contribution is 8.13. The van der Waals surface area contributed by atoms with Gasteiger partial charge in [-0.1, -0.05) is 42.8 Å². The van der Waals surface area contributed by atoms with Crippen LogP contribution in [0.5, 0.6) is 0 Å². The highest BCUT2D eigenvalue weighted by Crippen LogP contribution is 2.29. The molecule has 0 heterocycles. The van der Waals surface area contributed by atoms with Crippen molar-refractivity contribution in [2.75, 3.05) is 12.9 Å². The number of ether oxygens (including phenoxy) is 1. The lowest BCUT2D eigenvalue weighted by Gasteiger charge is -2.10. The predicted molar refractivity (Wildman–Crippen MR) is 123 cm³/mol. The Hall–Kier alpha value is -2.01. The minimum atomic E-state index is -4.36. The van der Waals surface area contributed by atoms with Gasteiger partial charge in [-0.05, 0) is 51.2 Å². The van der Waals surface area contributed by atoms with Crippen molar-refractivity contribution in [3.05, 3.63) is 69.9 Å². The Morgan fingerprint density at radius 2 is 1.97 bits per heavy atom. The summed E-state index contributed by atoms with van der Waals surface area (Å²) < 4.78 is 44.0. The zero-order valence-corrected chi connectivity index (χ0v) is 19.5. The van der Waals surface area contributed by atoms with Crippen LogP contribution in [0.4, 0.5) is 13.2 Å². The third-order valence-electron chi connectivity index (χ3n) is 4.19. The molecule has 168 valence electrons. The zero-order chi connectivity index (χ0) is 23.4. The number of alkyl halides is 3. The molecule has 1 atom stereocenters.